The van der Waals surface area contributed by atoms with Crippen molar-refractivity contribution in [3.05, 3.63) is 0 Å². The third-order valence-electron chi connectivity index (χ3n) is 10.2. The fourth-order valence-corrected chi connectivity index (χ4v) is 6.71. The van der Waals surface area contributed by atoms with Crippen LogP contribution in [0.1, 0.15) is 280 Å². The summed E-state index contributed by atoms with van der Waals surface area (Å²) in [5.41, 5.74) is 0. The molecule has 0 radical (unpaired) electrons. The number of ether oxygens (including phenoxy) is 2. The fraction of sp³-hybridized carbons (Fsp3) is 0.959. The number of hydrogen-bond donors (Lipinski definition) is 1. The Bertz CT molecular complexity index is 667. The van der Waals surface area contributed by atoms with Gasteiger partial charge in [0.2, 0.25) is 0 Å². The van der Waals surface area contributed by atoms with Crippen molar-refractivity contribution in [1.82, 2.24) is 5.32 Å². The molecule has 0 aliphatic heterocycles. The summed E-state index contributed by atoms with van der Waals surface area (Å²) >= 11 is 0. The first-order valence-corrected chi connectivity index (χ1v) is 24.6. The number of carbonyl (C=O) groups is 2. The maximum atomic E-state index is 12.6. The highest BCUT2D eigenvalue weighted by molar-refractivity contribution is 5.69. The third-order valence-corrected chi connectivity index (χ3v) is 10.2. The van der Waals surface area contributed by atoms with Crippen molar-refractivity contribution in [2.45, 2.75) is 286 Å². The SMILES string of the molecule is CC.CCCCC.CCCCCCCCCOC(=O)CCCCCCCNCCCCCCCC(=O)OC(CCCCCCCC)CCCCCCCC. The largest absolute Gasteiger partial charge is 0.466 e. The Hall–Kier alpha value is -1.10. The van der Waals surface area contributed by atoms with Crippen LogP contribution in [0.15, 0.2) is 0 Å². The summed E-state index contributed by atoms with van der Waals surface area (Å²) in [5.74, 6) is 0.0243. The van der Waals surface area contributed by atoms with Crippen molar-refractivity contribution in [2.75, 3.05) is 19.7 Å². The smallest absolute Gasteiger partial charge is 0.306 e. The molecule has 0 saturated carbocycles. The number of nitrogens with one attached hydrogen (secondary N) is 1. The van der Waals surface area contributed by atoms with Crippen molar-refractivity contribution in [2.24, 2.45) is 0 Å². The lowest BCUT2D eigenvalue weighted by molar-refractivity contribution is -0.150. The van der Waals surface area contributed by atoms with Crippen LogP contribution >= 0.6 is 0 Å². The molecule has 0 fully saturated rings. The zero-order valence-corrected chi connectivity index (χ0v) is 38.3. The van der Waals surface area contributed by atoms with E-state index < -0.39 is 0 Å². The molecule has 0 saturated heterocycles. The van der Waals surface area contributed by atoms with Crippen molar-refractivity contribution in [1.29, 1.82) is 0 Å². The number of rotatable bonds is 41. The molecular weight excluding hydrogens is 667 g/mol. The van der Waals surface area contributed by atoms with Gasteiger partial charge < -0.3 is 14.8 Å². The van der Waals surface area contributed by atoms with E-state index >= 15 is 0 Å². The van der Waals surface area contributed by atoms with Crippen LogP contribution in [0.3, 0.4) is 0 Å². The molecule has 5 heteroatoms. The average molecular weight is 768 g/mol. The summed E-state index contributed by atoms with van der Waals surface area (Å²) in [7, 11) is 0. The number of unbranched alkanes of at least 4 members (excludes halogenated alkanes) is 26. The lowest BCUT2D eigenvalue weighted by Crippen LogP contribution is -2.18. The molecule has 0 atom stereocenters. The quantitative estimate of drug-likeness (QED) is 0.0496. The van der Waals surface area contributed by atoms with E-state index in [2.05, 4.69) is 39.9 Å². The van der Waals surface area contributed by atoms with Gasteiger partial charge in [0.25, 0.3) is 0 Å². The van der Waals surface area contributed by atoms with Gasteiger partial charge >= 0.3 is 11.9 Å². The highest BCUT2D eigenvalue weighted by atomic mass is 16.5. The van der Waals surface area contributed by atoms with Crippen molar-refractivity contribution in [3.63, 3.8) is 0 Å². The van der Waals surface area contributed by atoms with Crippen molar-refractivity contribution < 1.29 is 19.1 Å². The Labute approximate surface area is 340 Å². The van der Waals surface area contributed by atoms with E-state index in [1.807, 2.05) is 13.8 Å². The van der Waals surface area contributed by atoms with Gasteiger partial charge in [0.05, 0.1) is 6.61 Å². The molecule has 0 amide bonds. The molecule has 0 aromatic carbocycles. The van der Waals surface area contributed by atoms with E-state index in [0.717, 1.165) is 58.0 Å². The number of carbonyl (C=O) groups excluding carboxylic acids is 2. The molecule has 1 N–H and O–H groups in total. The van der Waals surface area contributed by atoms with Gasteiger partial charge in [-0.15, -0.1) is 0 Å². The minimum Gasteiger partial charge on any atom is -0.466 e. The molecule has 0 rings (SSSR count). The van der Waals surface area contributed by atoms with E-state index in [1.54, 1.807) is 0 Å². The third kappa shape index (κ3) is 53.0. The topological polar surface area (TPSA) is 64.6 Å². The monoisotopic (exact) mass is 768 g/mol. The summed E-state index contributed by atoms with van der Waals surface area (Å²) < 4.78 is 11.4. The Balaban J connectivity index is -0.00000340. The van der Waals surface area contributed by atoms with Crippen LogP contribution in [-0.2, 0) is 19.1 Å². The predicted octanol–water partition coefficient (Wildman–Crippen LogP) is 16.2. The first kappa shape index (κ1) is 57.2. The highest BCUT2D eigenvalue weighted by Crippen LogP contribution is 2.18. The van der Waals surface area contributed by atoms with Crippen LogP contribution in [0.25, 0.3) is 0 Å². The minimum absolute atomic E-state index is 0.0103. The second-order valence-electron chi connectivity index (χ2n) is 15.7. The van der Waals surface area contributed by atoms with E-state index in [-0.39, 0.29) is 18.0 Å². The molecule has 0 aromatic heterocycles. The summed E-state index contributed by atoms with van der Waals surface area (Å²) in [6.07, 6.45) is 43.2. The van der Waals surface area contributed by atoms with Gasteiger partial charge in [-0.2, -0.15) is 0 Å². The maximum absolute atomic E-state index is 12.6. The fourth-order valence-electron chi connectivity index (χ4n) is 6.71. The molecule has 0 heterocycles. The standard InChI is InChI=1S/C42H83NO4.C5H12.C2H6/c1-4-7-10-13-16-25-32-39-46-41(44)35-28-21-17-23-30-37-43-38-31-24-18-22-29-36-42(45)47-40(33-26-19-14-11-8-5-2)34-27-20-15-12-9-6-3;1-3-5-4-2;1-2/h40,43H,4-39H2,1-3H3;3-5H2,1-2H3;1-2H3. The molecule has 0 aliphatic carbocycles. The molecule has 0 aromatic rings. The lowest BCUT2D eigenvalue weighted by Gasteiger charge is -2.18. The zero-order chi connectivity index (χ0) is 40.4. The van der Waals surface area contributed by atoms with Crippen LogP contribution < -0.4 is 5.32 Å². The number of esters is 2. The van der Waals surface area contributed by atoms with Gasteiger partial charge in [0.1, 0.15) is 6.10 Å². The van der Waals surface area contributed by atoms with Crippen LogP contribution in [0.4, 0.5) is 0 Å². The molecule has 0 aliphatic rings. The second kappa shape index (κ2) is 54.0. The van der Waals surface area contributed by atoms with Crippen LogP contribution in [0.2, 0.25) is 0 Å². The molecule has 0 unspecified atom stereocenters. The van der Waals surface area contributed by atoms with Crippen molar-refractivity contribution >= 4 is 11.9 Å². The summed E-state index contributed by atoms with van der Waals surface area (Å²) in [4.78, 5) is 24.5. The van der Waals surface area contributed by atoms with Gasteiger partial charge in [-0.3, -0.25) is 9.59 Å². The lowest BCUT2D eigenvalue weighted by atomic mass is 10.0. The van der Waals surface area contributed by atoms with E-state index in [0.29, 0.717) is 19.4 Å². The molecular formula is C49H101NO4. The van der Waals surface area contributed by atoms with Crippen LogP contribution in [0.5, 0.6) is 0 Å². The highest BCUT2D eigenvalue weighted by Gasteiger charge is 2.14. The first-order valence-electron chi connectivity index (χ1n) is 24.6. The van der Waals surface area contributed by atoms with Crippen LogP contribution in [0, 0.1) is 0 Å². The zero-order valence-electron chi connectivity index (χ0n) is 38.3. The molecule has 0 bridgehead atoms. The first-order chi connectivity index (χ1) is 26.5. The Kier molecular flexibility index (Phi) is 57.2. The summed E-state index contributed by atoms with van der Waals surface area (Å²) in [6.45, 7) is 18.0. The predicted molar refractivity (Wildman–Crippen MR) is 240 cm³/mol. The van der Waals surface area contributed by atoms with Gasteiger partial charge in [-0.05, 0) is 70.9 Å². The van der Waals surface area contributed by atoms with E-state index in [9.17, 15) is 9.59 Å². The van der Waals surface area contributed by atoms with Gasteiger partial charge in [-0.1, -0.05) is 209 Å². The molecule has 5 nitrogen and oxygen atoms in total. The summed E-state index contributed by atoms with van der Waals surface area (Å²) in [6, 6.07) is 0. The molecule has 326 valence electrons. The normalized spacial score (nSPS) is 10.8. The van der Waals surface area contributed by atoms with Gasteiger partial charge in [0, 0.05) is 12.8 Å². The van der Waals surface area contributed by atoms with E-state index in [1.165, 1.54) is 173 Å². The van der Waals surface area contributed by atoms with Gasteiger partial charge in [0.15, 0.2) is 0 Å². The summed E-state index contributed by atoms with van der Waals surface area (Å²) in [5, 5.41) is 3.59. The molecule has 0 spiro atoms. The Morgan fingerprint density at radius 2 is 0.722 bits per heavy atom. The number of hydrogen-bond acceptors (Lipinski definition) is 5. The Morgan fingerprint density at radius 3 is 1.13 bits per heavy atom. The van der Waals surface area contributed by atoms with E-state index in [4.69, 9.17) is 9.47 Å². The van der Waals surface area contributed by atoms with Crippen LogP contribution in [-0.4, -0.2) is 37.7 Å². The Morgan fingerprint density at radius 1 is 0.389 bits per heavy atom. The second-order valence-corrected chi connectivity index (χ2v) is 15.7. The molecule has 54 heavy (non-hydrogen) atoms. The average Bonchev–Trinajstić information content (AvgIpc) is 3.18. The van der Waals surface area contributed by atoms with Crippen molar-refractivity contribution in [3.8, 4) is 0 Å². The maximum Gasteiger partial charge on any atom is 0.306 e. The van der Waals surface area contributed by atoms with Gasteiger partial charge in [-0.25, -0.2) is 0 Å². The minimum atomic E-state index is -0.0103.